The second-order valence-electron chi connectivity index (χ2n) is 8.74. The Kier molecular flexibility index (Phi) is 7.13. The highest BCUT2D eigenvalue weighted by Gasteiger charge is 2.25. The highest BCUT2D eigenvalue weighted by atomic mass is 35.5. The van der Waals surface area contributed by atoms with Gasteiger partial charge >= 0.3 is 0 Å². The Morgan fingerprint density at radius 3 is 2.43 bits per heavy atom. The zero-order chi connectivity index (χ0) is 24.2. The van der Waals surface area contributed by atoms with Gasteiger partial charge in [0.05, 0.1) is 41.5 Å². The van der Waals surface area contributed by atoms with Crippen molar-refractivity contribution in [2.24, 2.45) is 0 Å². The normalized spacial score (nSPS) is 16.9. The van der Waals surface area contributed by atoms with Crippen molar-refractivity contribution in [3.05, 3.63) is 65.2 Å². The van der Waals surface area contributed by atoms with Crippen LogP contribution < -0.4 is 10.2 Å². The second-order valence-corrected chi connectivity index (χ2v) is 9.15. The molecule has 1 N–H and O–H groups in total. The van der Waals surface area contributed by atoms with E-state index in [1.54, 1.807) is 12.1 Å². The summed E-state index contributed by atoms with van der Waals surface area (Å²) in [5, 5.41) is 4.27. The molecule has 1 aromatic heterocycles. The maximum atomic E-state index is 13.4. The van der Waals surface area contributed by atoms with Gasteiger partial charge in [-0.05, 0) is 24.3 Å². The van der Waals surface area contributed by atoms with E-state index >= 15 is 0 Å². The van der Waals surface area contributed by atoms with Crippen LogP contribution in [0.5, 0.6) is 0 Å². The van der Waals surface area contributed by atoms with Crippen molar-refractivity contribution in [3.8, 4) is 0 Å². The van der Waals surface area contributed by atoms with Crippen LogP contribution in [0, 0.1) is 0 Å². The summed E-state index contributed by atoms with van der Waals surface area (Å²) in [5.41, 5.74) is 2.10. The number of piperazine rings is 1. The first-order valence-corrected chi connectivity index (χ1v) is 12.2. The lowest BCUT2D eigenvalue weighted by atomic mass is 10.1. The number of carbonyl (C=O) groups is 2. The van der Waals surface area contributed by atoms with E-state index < -0.39 is 0 Å². The van der Waals surface area contributed by atoms with Crippen molar-refractivity contribution < 1.29 is 14.3 Å². The van der Waals surface area contributed by atoms with Crippen molar-refractivity contribution in [3.63, 3.8) is 0 Å². The Hall–Kier alpha value is -3.20. The number of anilines is 2. The molecule has 0 aliphatic carbocycles. The smallest absolute Gasteiger partial charge is 0.254 e. The summed E-state index contributed by atoms with van der Waals surface area (Å²) < 4.78 is 5.41. The number of halogens is 1. The van der Waals surface area contributed by atoms with E-state index in [1.165, 1.54) is 0 Å². The van der Waals surface area contributed by atoms with Crippen LogP contribution in [0.25, 0.3) is 10.9 Å². The lowest BCUT2D eigenvalue weighted by Gasteiger charge is -2.35. The van der Waals surface area contributed by atoms with Crippen molar-refractivity contribution >= 4 is 45.8 Å². The van der Waals surface area contributed by atoms with E-state index in [0.717, 1.165) is 42.9 Å². The van der Waals surface area contributed by atoms with Gasteiger partial charge in [-0.3, -0.25) is 14.5 Å². The molecule has 0 spiro atoms. The standard InChI is InChI=1S/C26H28ClN5O3/c27-21-6-2-4-8-23(21)29-25(33)18-30-9-11-31(12-10-30)24-17-20(19-5-1-3-7-22(19)28-24)26(34)32-13-15-35-16-14-32/h1-8,17H,9-16,18H2,(H,29,33). The highest BCUT2D eigenvalue weighted by Crippen LogP contribution is 2.26. The molecule has 9 heteroatoms. The molecule has 182 valence electrons. The molecule has 0 saturated carbocycles. The number of pyridine rings is 1. The van der Waals surface area contributed by atoms with Gasteiger partial charge in [0.25, 0.3) is 5.91 Å². The number of para-hydroxylation sites is 2. The van der Waals surface area contributed by atoms with Crippen LogP contribution in [-0.2, 0) is 9.53 Å². The van der Waals surface area contributed by atoms with Crippen LogP contribution in [0.2, 0.25) is 5.02 Å². The molecule has 5 rings (SSSR count). The second kappa shape index (κ2) is 10.6. The number of rotatable bonds is 5. The quantitative estimate of drug-likeness (QED) is 0.588. The molecule has 2 aromatic carbocycles. The molecule has 2 saturated heterocycles. The van der Waals surface area contributed by atoms with Crippen LogP contribution >= 0.6 is 11.6 Å². The third-order valence-electron chi connectivity index (χ3n) is 6.44. The fourth-order valence-corrected chi connectivity index (χ4v) is 4.71. The summed E-state index contributed by atoms with van der Waals surface area (Å²) in [4.78, 5) is 36.9. The van der Waals surface area contributed by atoms with Crippen molar-refractivity contribution in [2.75, 3.05) is 69.2 Å². The van der Waals surface area contributed by atoms with Crippen LogP contribution in [0.3, 0.4) is 0 Å². The summed E-state index contributed by atoms with van der Waals surface area (Å²) in [6.45, 7) is 5.49. The van der Waals surface area contributed by atoms with Gasteiger partial charge in [0.1, 0.15) is 5.82 Å². The van der Waals surface area contributed by atoms with Crippen LogP contribution in [0.4, 0.5) is 11.5 Å². The number of aromatic nitrogens is 1. The first-order valence-electron chi connectivity index (χ1n) is 11.9. The predicted molar refractivity (Wildman–Crippen MR) is 137 cm³/mol. The monoisotopic (exact) mass is 493 g/mol. The SMILES string of the molecule is O=C(CN1CCN(c2cc(C(=O)N3CCOCC3)c3ccccc3n2)CC1)Nc1ccccc1Cl. The van der Waals surface area contributed by atoms with Gasteiger partial charge in [-0.15, -0.1) is 0 Å². The molecule has 2 aliphatic heterocycles. The lowest BCUT2D eigenvalue weighted by molar-refractivity contribution is -0.117. The van der Waals surface area contributed by atoms with E-state index in [2.05, 4.69) is 15.1 Å². The van der Waals surface area contributed by atoms with Crippen LogP contribution in [0.15, 0.2) is 54.6 Å². The number of benzene rings is 2. The number of hydrogen-bond acceptors (Lipinski definition) is 6. The van der Waals surface area contributed by atoms with Crippen molar-refractivity contribution in [1.82, 2.24) is 14.8 Å². The minimum absolute atomic E-state index is 0.0167. The number of carbonyl (C=O) groups excluding carboxylic acids is 2. The molecule has 2 fully saturated rings. The third-order valence-corrected chi connectivity index (χ3v) is 6.77. The number of nitrogens with zero attached hydrogens (tertiary/aromatic N) is 4. The van der Waals surface area contributed by atoms with E-state index in [0.29, 0.717) is 49.1 Å². The average Bonchev–Trinajstić information content (AvgIpc) is 2.90. The Bertz CT molecular complexity index is 1220. The minimum atomic E-state index is -0.0891. The zero-order valence-corrected chi connectivity index (χ0v) is 20.2. The largest absolute Gasteiger partial charge is 0.378 e. The number of nitrogens with one attached hydrogen (secondary N) is 1. The Morgan fingerprint density at radius 2 is 1.66 bits per heavy atom. The van der Waals surface area contributed by atoms with Gasteiger partial charge in [-0.25, -0.2) is 4.98 Å². The Labute approximate surface area is 209 Å². The van der Waals surface area contributed by atoms with Crippen molar-refractivity contribution in [1.29, 1.82) is 0 Å². The maximum Gasteiger partial charge on any atom is 0.254 e. The minimum Gasteiger partial charge on any atom is -0.378 e. The van der Waals surface area contributed by atoms with E-state index in [1.807, 2.05) is 47.4 Å². The molecule has 3 heterocycles. The molecule has 35 heavy (non-hydrogen) atoms. The summed E-state index contributed by atoms with van der Waals surface area (Å²) in [5.74, 6) is 0.720. The number of fused-ring (bicyclic) bond motifs is 1. The van der Waals surface area contributed by atoms with Gasteiger partial charge in [0.2, 0.25) is 5.91 Å². The van der Waals surface area contributed by atoms with Gasteiger partial charge in [-0.2, -0.15) is 0 Å². The summed E-state index contributed by atoms with van der Waals surface area (Å²) in [6.07, 6.45) is 0. The molecule has 0 radical (unpaired) electrons. The summed E-state index contributed by atoms with van der Waals surface area (Å²) >= 11 is 6.15. The van der Waals surface area contributed by atoms with Gasteiger partial charge in [-0.1, -0.05) is 41.9 Å². The number of ether oxygens (including phenoxy) is 1. The van der Waals surface area contributed by atoms with Gasteiger partial charge in [0.15, 0.2) is 0 Å². The molecule has 3 aromatic rings. The molecular weight excluding hydrogens is 466 g/mol. The Morgan fingerprint density at radius 1 is 0.943 bits per heavy atom. The van der Waals surface area contributed by atoms with Gasteiger partial charge < -0.3 is 19.9 Å². The average molecular weight is 494 g/mol. The zero-order valence-electron chi connectivity index (χ0n) is 19.5. The summed E-state index contributed by atoms with van der Waals surface area (Å²) in [7, 11) is 0. The highest BCUT2D eigenvalue weighted by molar-refractivity contribution is 6.33. The maximum absolute atomic E-state index is 13.4. The molecule has 0 atom stereocenters. The number of amides is 2. The lowest BCUT2D eigenvalue weighted by Crippen LogP contribution is -2.49. The number of hydrogen-bond donors (Lipinski definition) is 1. The van der Waals surface area contributed by atoms with Gasteiger partial charge in [0, 0.05) is 44.7 Å². The van der Waals surface area contributed by atoms with E-state index in [9.17, 15) is 9.59 Å². The summed E-state index contributed by atoms with van der Waals surface area (Å²) in [6, 6.07) is 16.9. The Balaban J connectivity index is 1.27. The van der Waals surface area contributed by atoms with Crippen molar-refractivity contribution in [2.45, 2.75) is 0 Å². The first-order chi connectivity index (χ1) is 17.1. The van der Waals surface area contributed by atoms with Crippen LogP contribution in [0.1, 0.15) is 10.4 Å². The van der Waals surface area contributed by atoms with E-state index in [-0.39, 0.29) is 11.8 Å². The fourth-order valence-electron chi connectivity index (χ4n) is 4.53. The number of morpholine rings is 1. The molecule has 8 nitrogen and oxygen atoms in total. The molecule has 2 amide bonds. The first kappa shape index (κ1) is 23.5. The molecule has 2 aliphatic rings. The molecule has 0 bridgehead atoms. The molecule has 0 unspecified atom stereocenters. The predicted octanol–water partition coefficient (Wildman–Crippen LogP) is 3.12. The van der Waals surface area contributed by atoms with Crippen LogP contribution in [-0.4, -0.2) is 85.6 Å². The van der Waals surface area contributed by atoms with E-state index in [4.69, 9.17) is 21.3 Å². The third kappa shape index (κ3) is 5.40. The molecular formula is C26H28ClN5O3. The fraction of sp³-hybridized carbons (Fsp3) is 0.346. The topological polar surface area (TPSA) is 78.0 Å².